The van der Waals surface area contributed by atoms with Crippen molar-refractivity contribution in [3.8, 4) is 0 Å². The van der Waals surface area contributed by atoms with Gasteiger partial charge in [0.05, 0.1) is 4.88 Å². The Labute approximate surface area is 149 Å². The van der Waals surface area contributed by atoms with Gasteiger partial charge in [0.15, 0.2) is 17.6 Å². The first-order valence-electron chi connectivity index (χ1n) is 6.26. The molecular formula is C13H9Cl2N5OS2. The Bertz CT molecular complexity index is 835. The second kappa shape index (κ2) is 7.22. The number of nitrogen functional groups attached to an aromatic ring is 1. The molecule has 3 aromatic rings. The Morgan fingerprint density at radius 3 is 2.87 bits per heavy atom. The van der Waals surface area contributed by atoms with Crippen LogP contribution in [0.2, 0.25) is 10.2 Å². The maximum atomic E-state index is 6.18. The molecule has 23 heavy (non-hydrogen) atoms. The Balaban J connectivity index is 1.85. The van der Waals surface area contributed by atoms with Gasteiger partial charge in [-0.1, -0.05) is 28.4 Å². The van der Waals surface area contributed by atoms with E-state index in [0.717, 1.165) is 17.1 Å². The van der Waals surface area contributed by atoms with Crippen LogP contribution in [0.5, 0.6) is 0 Å². The van der Waals surface area contributed by atoms with Crippen LogP contribution in [0.25, 0.3) is 0 Å². The molecule has 0 unspecified atom stereocenters. The molecule has 118 valence electrons. The van der Waals surface area contributed by atoms with Gasteiger partial charge in [0, 0.05) is 17.1 Å². The molecular weight excluding hydrogens is 377 g/mol. The van der Waals surface area contributed by atoms with E-state index in [2.05, 4.69) is 19.5 Å². The van der Waals surface area contributed by atoms with Gasteiger partial charge in [0.2, 0.25) is 0 Å². The molecule has 0 atom stereocenters. The SMILES string of the molecule is Nc1ccnc(CO/N=C(/c2ccsc2)c2snc(Cl)c2Cl)n1. The van der Waals surface area contributed by atoms with Crippen LogP contribution in [0.15, 0.2) is 34.2 Å². The summed E-state index contributed by atoms with van der Waals surface area (Å²) in [7, 11) is 0. The van der Waals surface area contributed by atoms with Crippen LogP contribution in [0.1, 0.15) is 16.3 Å². The standard InChI is InChI=1S/C13H9Cl2N5OS2/c14-10-12(23-20-13(10)15)11(7-2-4-22-6-7)19-21-5-9-17-3-1-8(16)18-9/h1-4,6H,5H2,(H2,16,17,18)/b19-11-. The molecule has 0 aliphatic rings. The van der Waals surface area contributed by atoms with Crippen molar-refractivity contribution >= 4 is 57.6 Å². The largest absolute Gasteiger partial charge is 0.387 e. The maximum absolute atomic E-state index is 6.18. The highest BCUT2D eigenvalue weighted by Crippen LogP contribution is 2.31. The van der Waals surface area contributed by atoms with Crippen LogP contribution in [-0.4, -0.2) is 20.1 Å². The summed E-state index contributed by atoms with van der Waals surface area (Å²) >= 11 is 14.8. The van der Waals surface area contributed by atoms with Crippen LogP contribution >= 0.6 is 46.1 Å². The average Bonchev–Trinajstić information content (AvgIpc) is 3.16. The predicted molar refractivity (Wildman–Crippen MR) is 93.3 cm³/mol. The fourth-order valence-electron chi connectivity index (χ4n) is 1.67. The highest BCUT2D eigenvalue weighted by molar-refractivity contribution is 7.10. The van der Waals surface area contributed by atoms with Crippen molar-refractivity contribution < 1.29 is 4.84 Å². The first kappa shape index (κ1) is 16.1. The van der Waals surface area contributed by atoms with E-state index in [1.165, 1.54) is 11.3 Å². The summed E-state index contributed by atoms with van der Waals surface area (Å²) < 4.78 is 4.03. The first-order valence-corrected chi connectivity index (χ1v) is 8.73. The zero-order valence-electron chi connectivity index (χ0n) is 11.4. The van der Waals surface area contributed by atoms with Crippen LogP contribution < -0.4 is 5.73 Å². The lowest BCUT2D eigenvalue weighted by Crippen LogP contribution is -2.04. The normalized spacial score (nSPS) is 11.7. The molecule has 0 saturated heterocycles. The first-order chi connectivity index (χ1) is 11.1. The van der Waals surface area contributed by atoms with Crippen molar-refractivity contribution in [2.24, 2.45) is 5.16 Å². The topological polar surface area (TPSA) is 86.3 Å². The van der Waals surface area contributed by atoms with Crippen molar-refractivity contribution in [3.63, 3.8) is 0 Å². The zero-order chi connectivity index (χ0) is 16.2. The minimum atomic E-state index is 0.0861. The van der Waals surface area contributed by atoms with Crippen molar-refractivity contribution in [3.05, 3.63) is 55.5 Å². The van der Waals surface area contributed by atoms with Gasteiger partial charge in [-0.15, -0.1) is 0 Å². The summed E-state index contributed by atoms with van der Waals surface area (Å²) in [5.41, 5.74) is 7.03. The molecule has 3 heterocycles. The van der Waals surface area contributed by atoms with Gasteiger partial charge in [-0.05, 0) is 29.0 Å². The number of anilines is 1. The number of oxime groups is 1. The molecule has 3 aromatic heterocycles. The molecule has 0 aromatic carbocycles. The molecule has 0 aliphatic heterocycles. The van der Waals surface area contributed by atoms with E-state index in [4.69, 9.17) is 33.8 Å². The lowest BCUT2D eigenvalue weighted by Gasteiger charge is -2.04. The second-order valence-corrected chi connectivity index (χ2v) is 6.53. The number of hydrogen-bond acceptors (Lipinski definition) is 8. The molecule has 0 bridgehead atoms. The minimum absolute atomic E-state index is 0.0861. The number of aromatic nitrogens is 3. The monoisotopic (exact) mass is 385 g/mol. The molecule has 3 rings (SSSR count). The quantitative estimate of drug-likeness (QED) is 0.532. The van der Waals surface area contributed by atoms with E-state index in [-0.39, 0.29) is 11.8 Å². The summed E-state index contributed by atoms with van der Waals surface area (Å²) in [5, 5.41) is 8.63. The number of nitrogens with two attached hydrogens (primary N) is 1. The minimum Gasteiger partial charge on any atom is -0.387 e. The summed E-state index contributed by atoms with van der Waals surface area (Å²) in [5.74, 6) is 0.810. The molecule has 0 radical (unpaired) electrons. The van der Waals surface area contributed by atoms with Crippen LogP contribution in [-0.2, 0) is 11.4 Å². The van der Waals surface area contributed by atoms with E-state index in [0.29, 0.717) is 27.3 Å². The highest BCUT2D eigenvalue weighted by Gasteiger charge is 2.18. The van der Waals surface area contributed by atoms with Gasteiger partial charge in [0.1, 0.15) is 16.6 Å². The Morgan fingerprint density at radius 2 is 2.22 bits per heavy atom. The number of rotatable bonds is 5. The molecule has 0 aliphatic carbocycles. The summed E-state index contributed by atoms with van der Waals surface area (Å²) in [4.78, 5) is 14.1. The molecule has 6 nitrogen and oxygen atoms in total. The third kappa shape index (κ3) is 3.78. The van der Waals surface area contributed by atoms with Crippen molar-refractivity contribution in [1.82, 2.24) is 14.3 Å². The highest BCUT2D eigenvalue weighted by atomic mass is 35.5. The van der Waals surface area contributed by atoms with Gasteiger partial charge < -0.3 is 10.6 Å². The van der Waals surface area contributed by atoms with E-state index in [9.17, 15) is 0 Å². The number of thiophene rings is 1. The third-order valence-electron chi connectivity index (χ3n) is 2.68. The van der Waals surface area contributed by atoms with E-state index >= 15 is 0 Å². The second-order valence-electron chi connectivity index (χ2n) is 4.24. The molecule has 2 N–H and O–H groups in total. The van der Waals surface area contributed by atoms with Crippen molar-refractivity contribution in [2.75, 3.05) is 5.73 Å². The van der Waals surface area contributed by atoms with E-state index < -0.39 is 0 Å². The molecule has 10 heteroatoms. The predicted octanol–water partition coefficient (Wildman–Crippen LogP) is 3.85. The van der Waals surface area contributed by atoms with Gasteiger partial charge in [0.25, 0.3) is 0 Å². The number of nitrogens with zero attached hydrogens (tertiary/aromatic N) is 4. The maximum Gasteiger partial charge on any atom is 0.176 e. The average molecular weight is 386 g/mol. The molecule has 0 saturated carbocycles. The summed E-state index contributed by atoms with van der Waals surface area (Å²) in [6.07, 6.45) is 1.56. The van der Waals surface area contributed by atoms with E-state index in [1.807, 2.05) is 16.8 Å². The molecule has 0 spiro atoms. The number of halogens is 2. The lowest BCUT2D eigenvalue weighted by molar-refractivity contribution is 0.125. The fourth-order valence-corrected chi connectivity index (χ4v) is 3.53. The van der Waals surface area contributed by atoms with Crippen molar-refractivity contribution in [2.45, 2.75) is 6.61 Å². The number of hydrogen-bond donors (Lipinski definition) is 1. The van der Waals surface area contributed by atoms with Gasteiger partial charge in [-0.25, -0.2) is 9.97 Å². The summed E-state index contributed by atoms with van der Waals surface area (Å²) in [6.45, 7) is 0.0861. The van der Waals surface area contributed by atoms with Crippen LogP contribution in [0, 0.1) is 0 Å². The Kier molecular flexibility index (Phi) is 5.06. The van der Waals surface area contributed by atoms with Crippen LogP contribution in [0.4, 0.5) is 5.82 Å². The summed E-state index contributed by atoms with van der Waals surface area (Å²) in [6, 6.07) is 3.51. The van der Waals surface area contributed by atoms with E-state index in [1.54, 1.807) is 12.3 Å². The molecule has 0 fully saturated rings. The zero-order valence-corrected chi connectivity index (χ0v) is 14.6. The Hall–Kier alpha value is -1.74. The smallest absolute Gasteiger partial charge is 0.176 e. The lowest BCUT2D eigenvalue weighted by atomic mass is 10.2. The Morgan fingerprint density at radius 1 is 1.35 bits per heavy atom. The third-order valence-corrected chi connectivity index (χ3v) is 5.17. The van der Waals surface area contributed by atoms with Crippen molar-refractivity contribution in [1.29, 1.82) is 0 Å². The van der Waals surface area contributed by atoms with Gasteiger partial charge >= 0.3 is 0 Å². The van der Waals surface area contributed by atoms with Gasteiger partial charge in [-0.2, -0.15) is 15.7 Å². The molecule has 0 amide bonds. The van der Waals surface area contributed by atoms with Crippen LogP contribution in [0.3, 0.4) is 0 Å². The fraction of sp³-hybridized carbons (Fsp3) is 0.0769. The van der Waals surface area contributed by atoms with Gasteiger partial charge in [-0.3, -0.25) is 0 Å².